The molecule has 4 atom stereocenters. The Morgan fingerprint density at radius 2 is 0.812 bits per heavy atom. The quantitative estimate of drug-likeness (QED) is 0.444. The highest BCUT2D eigenvalue weighted by molar-refractivity contribution is 6.44. The third-order valence-corrected chi connectivity index (χ3v) is 4.11. The maximum Gasteiger partial charge on any atom is 0.290 e. The van der Waals surface area contributed by atoms with Gasteiger partial charge in [0.15, 0.2) is 11.7 Å². The molecule has 1 rings (SSSR count). The molecule has 4 unspecified atom stereocenters. The van der Waals surface area contributed by atoms with Crippen LogP contribution in [0.1, 0.15) is 0 Å². The summed E-state index contributed by atoms with van der Waals surface area (Å²) in [5, 5.41) is -18.4. The molecule has 1 aliphatic carbocycles. The maximum atomic E-state index is 13.3. The van der Waals surface area contributed by atoms with Gasteiger partial charge in [0.25, 0.3) is 20.5 Å². The topological polar surface area (TPSA) is 0 Å². The van der Waals surface area contributed by atoms with E-state index in [0.29, 0.717) is 0 Å². The predicted octanol–water partition coefficient (Wildman–Crippen LogP) is 4.77. The summed E-state index contributed by atoms with van der Waals surface area (Å²) in [6.07, 6.45) is 0. The number of hydrogen-bond donors (Lipinski definition) is 0. The highest BCUT2D eigenvalue weighted by Gasteiger charge is 2.81. The van der Waals surface area contributed by atoms with Crippen molar-refractivity contribution in [2.75, 3.05) is 0 Å². The lowest BCUT2D eigenvalue weighted by Gasteiger charge is -2.43. The molecular weight excluding hydrogens is 328 g/mol. The van der Waals surface area contributed by atoms with E-state index in [2.05, 4.69) is 46.4 Å². The van der Waals surface area contributed by atoms with Gasteiger partial charge in [-0.3, -0.25) is 0 Å². The van der Waals surface area contributed by atoms with Crippen molar-refractivity contribution in [2.45, 2.75) is 20.5 Å². The summed E-state index contributed by atoms with van der Waals surface area (Å²) in [6.45, 7) is 0. The average molecular weight is 328 g/mol. The van der Waals surface area contributed by atoms with Gasteiger partial charge in [0.2, 0.25) is 0 Å². The Balaban J connectivity index is 3.64. The van der Waals surface area contributed by atoms with E-state index in [4.69, 9.17) is 0 Å². The number of hydrogen-bond acceptors (Lipinski definition) is 0. The molecule has 16 heavy (non-hydrogen) atoms. The molecule has 0 saturated carbocycles. The van der Waals surface area contributed by atoms with E-state index in [0.717, 1.165) is 0 Å². The first kappa shape index (κ1) is 14.5. The first-order valence-electron chi connectivity index (χ1n) is 3.39. The summed E-state index contributed by atoms with van der Waals surface area (Å²) in [6, 6.07) is 0. The van der Waals surface area contributed by atoms with Crippen molar-refractivity contribution in [1.29, 1.82) is 0 Å². The van der Waals surface area contributed by atoms with Crippen molar-refractivity contribution < 1.29 is 26.3 Å². The lowest BCUT2D eigenvalue weighted by atomic mass is 9.95. The molecule has 0 radical (unpaired) electrons. The molecule has 1 aliphatic rings. The van der Waals surface area contributed by atoms with Gasteiger partial charge >= 0.3 is 0 Å². The van der Waals surface area contributed by atoms with Crippen LogP contribution in [0.5, 0.6) is 0 Å². The van der Waals surface area contributed by atoms with E-state index in [9.17, 15) is 26.3 Å². The molecule has 0 fully saturated rings. The highest BCUT2D eigenvalue weighted by atomic mass is 35.5. The minimum absolute atomic E-state index is 2.82. The third kappa shape index (κ3) is 1.39. The van der Waals surface area contributed by atoms with Crippen molar-refractivity contribution >= 4 is 46.4 Å². The maximum absolute atomic E-state index is 13.3. The summed E-state index contributed by atoms with van der Waals surface area (Å²) in [7, 11) is 0. The Morgan fingerprint density at radius 1 is 0.625 bits per heavy atom. The molecule has 0 aliphatic heterocycles. The normalized spacial score (nSPS) is 54.4. The van der Waals surface area contributed by atoms with E-state index in [-0.39, 0.29) is 0 Å². The van der Waals surface area contributed by atoms with E-state index in [1.165, 1.54) is 0 Å². The zero-order valence-corrected chi connectivity index (χ0v) is 9.80. The van der Waals surface area contributed by atoms with Crippen LogP contribution in [0.2, 0.25) is 0 Å². The van der Waals surface area contributed by atoms with Crippen molar-refractivity contribution in [2.24, 2.45) is 0 Å². The van der Waals surface area contributed by atoms with Crippen LogP contribution in [0.3, 0.4) is 0 Å². The van der Waals surface area contributed by atoms with E-state index in [1.54, 1.807) is 0 Å². The van der Waals surface area contributed by atoms with E-state index >= 15 is 0 Å². The Morgan fingerprint density at radius 3 is 1.00 bits per heavy atom. The van der Waals surface area contributed by atoms with Crippen molar-refractivity contribution in [3.63, 3.8) is 0 Å². The molecule has 0 nitrogen and oxygen atoms in total. The average Bonchev–Trinajstić information content (AvgIpc) is 2.12. The predicted molar refractivity (Wildman–Crippen MR) is 48.0 cm³/mol. The van der Waals surface area contributed by atoms with Crippen LogP contribution < -0.4 is 0 Å². The fourth-order valence-electron chi connectivity index (χ4n) is 0.946. The van der Waals surface area contributed by atoms with Gasteiger partial charge in [-0.2, -0.15) is 0 Å². The zero-order chi connectivity index (χ0) is 13.2. The van der Waals surface area contributed by atoms with Gasteiger partial charge in [0.05, 0.1) is 0 Å². The molecule has 0 saturated heterocycles. The standard InChI is InChI=1S/C6Cl4F6/c7-3(13)1(11)2(12)4(8,14)6(10,16)5(3,9)15. The lowest BCUT2D eigenvalue weighted by Crippen LogP contribution is -2.64. The van der Waals surface area contributed by atoms with Crippen LogP contribution in [0.25, 0.3) is 0 Å². The van der Waals surface area contributed by atoms with Crippen molar-refractivity contribution in [1.82, 2.24) is 0 Å². The lowest BCUT2D eigenvalue weighted by molar-refractivity contribution is -0.0662. The fraction of sp³-hybridized carbons (Fsp3) is 0.667. The summed E-state index contributed by atoms with van der Waals surface area (Å²) in [4.78, 5) is 0. The molecule has 0 aromatic carbocycles. The molecule has 0 amide bonds. The van der Waals surface area contributed by atoms with Crippen LogP contribution in [0, 0.1) is 0 Å². The number of rotatable bonds is 0. The Kier molecular flexibility index (Phi) is 3.17. The van der Waals surface area contributed by atoms with Crippen LogP contribution in [0.4, 0.5) is 26.3 Å². The fourth-order valence-corrected chi connectivity index (χ4v) is 1.90. The highest BCUT2D eigenvalue weighted by Crippen LogP contribution is 2.65. The SMILES string of the molecule is FC1=C(F)C(F)(Cl)C(F)(Cl)C(F)(Cl)C1(F)Cl. The van der Waals surface area contributed by atoms with Crippen LogP contribution in [0.15, 0.2) is 11.7 Å². The number of halogens is 10. The van der Waals surface area contributed by atoms with E-state index in [1.807, 2.05) is 0 Å². The van der Waals surface area contributed by atoms with Gasteiger partial charge in [0, 0.05) is 0 Å². The molecule has 10 heteroatoms. The second kappa shape index (κ2) is 3.49. The second-order valence-electron chi connectivity index (χ2n) is 2.93. The Bertz CT molecular complexity index is 326. The molecule has 0 aromatic rings. The van der Waals surface area contributed by atoms with Gasteiger partial charge in [-0.25, -0.2) is 26.3 Å². The van der Waals surface area contributed by atoms with Crippen LogP contribution in [-0.4, -0.2) is 20.5 Å². The van der Waals surface area contributed by atoms with Crippen LogP contribution >= 0.6 is 46.4 Å². The second-order valence-corrected chi connectivity index (χ2v) is 5.01. The Labute approximate surface area is 105 Å². The van der Waals surface area contributed by atoms with Gasteiger partial charge in [-0.05, 0) is 0 Å². The van der Waals surface area contributed by atoms with Crippen molar-refractivity contribution in [3.05, 3.63) is 11.7 Å². The minimum atomic E-state index is -4.65. The van der Waals surface area contributed by atoms with Gasteiger partial charge < -0.3 is 0 Å². The Hall–Kier alpha value is 0.480. The monoisotopic (exact) mass is 326 g/mol. The molecule has 0 bridgehead atoms. The smallest absolute Gasteiger partial charge is 0.215 e. The minimum Gasteiger partial charge on any atom is -0.215 e. The first-order valence-corrected chi connectivity index (χ1v) is 4.90. The van der Waals surface area contributed by atoms with Crippen LogP contribution in [-0.2, 0) is 0 Å². The molecule has 0 spiro atoms. The van der Waals surface area contributed by atoms with Gasteiger partial charge in [-0.1, -0.05) is 46.4 Å². The van der Waals surface area contributed by atoms with Crippen molar-refractivity contribution in [3.8, 4) is 0 Å². The largest absolute Gasteiger partial charge is 0.290 e. The summed E-state index contributed by atoms with van der Waals surface area (Å²) in [5.41, 5.74) is 0. The molecular formula is C6Cl4F6. The zero-order valence-electron chi connectivity index (χ0n) is 6.78. The summed E-state index contributed by atoms with van der Waals surface area (Å²) < 4.78 is 78.6. The number of alkyl halides is 8. The molecule has 0 heterocycles. The first-order chi connectivity index (χ1) is 6.82. The van der Waals surface area contributed by atoms with Gasteiger partial charge in [0.1, 0.15) is 0 Å². The molecule has 0 N–H and O–H groups in total. The van der Waals surface area contributed by atoms with Gasteiger partial charge in [-0.15, -0.1) is 0 Å². The number of allylic oxidation sites excluding steroid dienone is 2. The molecule has 94 valence electrons. The molecule has 0 aromatic heterocycles. The summed E-state index contributed by atoms with van der Waals surface area (Å²) >= 11 is 18.2. The third-order valence-electron chi connectivity index (χ3n) is 1.93. The summed E-state index contributed by atoms with van der Waals surface area (Å²) in [5.74, 6) is -5.64. The van der Waals surface area contributed by atoms with E-state index < -0.39 is 32.2 Å².